The highest BCUT2D eigenvalue weighted by Crippen LogP contribution is 2.19. The molecule has 0 unspecified atom stereocenters. The number of imidazole rings is 1. The Morgan fingerprint density at radius 1 is 1.44 bits per heavy atom. The third-order valence-electron chi connectivity index (χ3n) is 2.79. The van der Waals surface area contributed by atoms with Gasteiger partial charge in [0.1, 0.15) is 0 Å². The minimum absolute atomic E-state index is 0. The molecule has 0 saturated heterocycles. The lowest BCUT2D eigenvalue weighted by Crippen LogP contribution is -3.00. The summed E-state index contributed by atoms with van der Waals surface area (Å²) in [4.78, 5) is 0. The van der Waals surface area contributed by atoms with Crippen LogP contribution < -0.4 is 34.3 Å². The fraction of sp³-hybridized carbons (Fsp3) is 0.364. The fourth-order valence-corrected chi connectivity index (χ4v) is 2.22. The van der Waals surface area contributed by atoms with E-state index < -0.39 is 0 Å². The number of fused-ring (bicyclic) bond motifs is 1. The van der Waals surface area contributed by atoms with Gasteiger partial charge in [0, 0.05) is 11.1 Å². The second kappa shape index (κ2) is 5.33. The van der Waals surface area contributed by atoms with Crippen LogP contribution in [0.3, 0.4) is 0 Å². The van der Waals surface area contributed by atoms with Crippen molar-refractivity contribution in [2.75, 3.05) is 0 Å². The van der Waals surface area contributed by atoms with Gasteiger partial charge in [-0.05, 0) is 19.1 Å². The summed E-state index contributed by atoms with van der Waals surface area (Å²) in [5, 5.41) is 0.763. The Morgan fingerprint density at radius 3 is 2.69 bits per heavy atom. The Labute approximate surface area is 117 Å². The zero-order valence-corrected chi connectivity index (χ0v) is 12.3. The maximum Gasteiger partial charge on any atom is 0.271 e. The van der Waals surface area contributed by atoms with Gasteiger partial charge in [0.2, 0.25) is 0 Å². The highest BCUT2D eigenvalue weighted by Gasteiger charge is 2.19. The van der Waals surface area contributed by atoms with Gasteiger partial charge in [-0.2, -0.15) is 0 Å². The molecule has 0 aliphatic carbocycles. The number of hydrogen-bond donors (Lipinski definition) is 1. The van der Waals surface area contributed by atoms with E-state index in [1.54, 1.807) is 0 Å². The van der Waals surface area contributed by atoms with Gasteiger partial charge in [-0.1, -0.05) is 11.6 Å². The van der Waals surface area contributed by atoms with Gasteiger partial charge in [0.15, 0.2) is 11.0 Å². The Bertz CT molecular complexity index is 507. The molecule has 5 heteroatoms. The van der Waals surface area contributed by atoms with Gasteiger partial charge >= 0.3 is 0 Å². The molecule has 0 aliphatic rings. The van der Waals surface area contributed by atoms with Crippen LogP contribution in [0.15, 0.2) is 18.2 Å². The number of halogens is 2. The molecule has 0 amide bonds. The third kappa shape index (κ3) is 2.06. The predicted octanol–water partition coefficient (Wildman–Crippen LogP) is -1.40. The van der Waals surface area contributed by atoms with E-state index in [1.165, 1.54) is 5.52 Å². The third-order valence-corrected chi connectivity index (χ3v) is 3.02. The van der Waals surface area contributed by atoms with Crippen molar-refractivity contribution in [3.8, 4) is 0 Å². The summed E-state index contributed by atoms with van der Waals surface area (Å²) in [6, 6.07) is 5.92. The molecule has 16 heavy (non-hydrogen) atoms. The number of nitrogens with zero attached hydrogens (tertiary/aromatic N) is 2. The van der Waals surface area contributed by atoms with Gasteiger partial charge in [-0.15, -0.1) is 0 Å². The first kappa shape index (κ1) is 13.7. The van der Waals surface area contributed by atoms with E-state index in [1.807, 2.05) is 25.2 Å². The second-order valence-corrected chi connectivity index (χ2v) is 3.99. The van der Waals surface area contributed by atoms with E-state index in [9.17, 15) is 0 Å². The lowest BCUT2D eigenvalue weighted by atomic mass is 10.3. The molecular weight excluding hydrogens is 336 g/mol. The molecular formula is C11H15ClIN3. The molecule has 2 N–H and O–H groups in total. The molecule has 2 rings (SSSR count). The standard InChI is InChI=1S/C11H15ClN3.HI/c1-3-15-10-6-8(12)4-5-9(10)14(2)11(15)7-13;/h4-6H,3,7,13H2,1-2H3;1H/q+1;/p-1. The topological polar surface area (TPSA) is 34.8 Å². The zero-order valence-electron chi connectivity index (χ0n) is 9.37. The van der Waals surface area contributed by atoms with E-state index >= 15 is 0 Å². The van der Waals surface area contributed by atoms with Crippen LogP contribution in [0.5, 0.6) is 0 Å². The molecule has 0 fully saturated rings. The van der Waals surface area contributed by atoms with Crippen molar-refractivity contribution in [3.63, 3.8) is 0 Å². The number of nitrogens with two attached hydrogens (primary N) is 1. The van der Waals surface area contributed by atoms with Crippen LogP contribution in [0.2, 0.25) is 5.02 Å². The first-order valence-electron chi connectivity index (χ1n) is 5.05. The van der Waals surface area contributed by atoms with Crippen molar-refractivity contribution >= 4 is 22.6 Å². The lowest BCUT2D eigenvalue weighted by Gasteiger charge is -1.96. The maximum absolute atomic E-state index is 6.00. The zero-order chi connectivity index (χ0) is 11.0. The Kier molecular flexibility index (Phi) is 4.58. The molecule has 0 spiro atoms. The largest absolute Gasteiger partial charge is 1.00 e. The molecule has 1 heterocycles. The highest BCUT2D eigenvalue weighted by atomic mass is 127. The van der Waals surface area contributed by atoms with E-state index in [0.29, 0.717) is 6.54 Å². The normalized spacial score (nSPS) is 10.5. The second-order valence-electron chi connectivity index (χ2n) is 3.56. The van der Waals surface area contributed by atoms with Crippen molar-refractivity contribution < 1.29 is 28.5 Å². The van der Waals surface area contributed by atoms with Gasteiger partial charge in [0.25, 0.3) is 5.82 Å². The van der Waals surface area contributed by atoms with Gasteiger partial charge in [0.05, 0.1) is 20.1 Å². The predicted molar refractivity (Wildman–Crippen MR) is 61.7 cm³/mol. The minimum Gasteiger partial charge on any atom is -1.00 e. The van der Waals surface area contributed by atoms with Crippen molar-refractivity contribution in [2.24, 2.45) is 12.8 Å². The molecule has 1 aromatic heterocycles. The molecule has 2 aromatic rings. The van der Waals surface area contributed by atoms with Gasteiger partial charge < -0.3 is 29.7 Å². The smallest absolute Gasteiger partial charge is 0.271 e. The molecule has 3 nitrogen and oxygen atoms in total. The Balaban J connectivity index is 0.00000128. The summed E-state index contributed by atoms with van der Waals surface area (Å²) < 4.78 is 4.32. The molecule has 0 bridgehead atoms. The summed E-state index contributed by atoms with van der Waals surface area (Å²) in [5.74, 6) is 1.12. The first-order valence-corrected chi connectivity index (χ1v) is 5.43. The number of benzene rings is 1. The number of hydrogen-bond acceptors (Lipinski definition) is 1. The molecule has 0 atom stereocenters. The van der Waals surface area contributed by atoms with E-state index in [4.69, 9.17) is 17.3 Å². The maximum atomic E-state index is 6.00. The summed E-state index contributed by atoms with van der Waals surface area (Å²) in [5.41, 5.74) is 8.07. The van der Waals surface area contributed by atoms with E-state index in [0.717, 1.165) is 22.9 Å². The Morgan fingerprint density at radius 2 is 2.12 bits per heavy atom. The van der Waals surface area contributed by atoms with Crippen LogP contribution in [-0.4, -0.2) is 4.57 Å². The van der Waals surface area contributed by atoms with Crippen LogP contribution in [-0.2, 0) is 20.1 Å². The summed E-state index contributed by atoms with van der Waals surface area (Å²) in [6.45, 7) is 3.56. The number of rotatable bonds is 2. The average molecular weight is 352 g/mol. The van der Waals surface area contributed by atoms with Crippen LogP contribution in [0.4, 0.5) is 0 Å². The van der Waals surface area contributed by atoms with Crippen molar-refractivity contribution in [1.29, 1.82) is 0 Å². The van der Waals surface area contributed by atoms with Crippen molar-refractivity contribution in [1.82, 2.24) is 4.57 Å². The quantitative estimate of drug-likeness (QED) is 0.524. The van der Waals surface area contributed by atoms with Gasteiger partial charge in [-0.25, -0.2) is 9.13 Å². The fourth-order valence-electron chi connectivity index (χ4n) is 2.06. The van der Waals surface area contributed by atoms with Crippen molar-refractivity contribution in [2.45, 2.75) is 20.0 Å². The summed E-state index contributed by atoms with van der Waals surface area (Å²) in [6.07, 6.45) is 0. The average Bonchev–Trinajstić information content (AvgIpc) is 2.50. The summed E-state index contributed by atoms with van der Waals surface area (Å²) in [7, 11) is 2.03. The van der Waals surface area contributed by atoms with Crippen LogP contribution >= 0.6 is 11.6 Å². The van der Waals surface area contributed by atoms with Crippen LogP contribution in [0, 0.1) is 0 Å². The van der Waals surface area contributed by atoms with E-state index in [2.05, 4.69) is 16.1 Å². The molecule has 0 radical (unpaired) electrons. The molecule has 0 saturated carbocycles. The van der Waals surface area contributed by atoms with Gasteiger partial charge in [-0.3, -0.25) is 0 Å². The highest BCUT2D eigenvalue weighted by molar-refractivity contribution is 6.31. The SMILES string of the molecule is CCn1c(CN)[n+](C)c2ccc(Cl)cc21.[I-]. The lowest BCUT2D eigenvalue weighted by molar-refractivity contribution is -0.654. The molecule has 1 aromatic carbocycles. The number of aromatic nitrogens is 2. The van der Waals surface area contributed by atoms with Crippen molar-refractivity contribution in [3.05, 3.63) is 29.0 Å². The monoisotopic (exact) mass is 351 g/mol. The summed E-state index contributed by atoms with van der Waals surface area (Å²) >= 11 is 6.00. The molecule has 0 aliphatic heterocycles. The number of aryl methyl sites for hydroxylation is 2. The van der Waals surface area contributed by atoms with Crippen LogP contribution in [0.25, 0.3) is 11.0 Å². The molecule has 88 valence electrons. The first-order chi connectivity index (χ1) is 7.19. The van der Waals surface area contributed by atoms with E-state index in [-0.39, 0.29) is 24.0 Å². The van der Waals surface area contributed by atoms with Crippen LogP contribution in [0.1, 0.15) is 12.7 Å². The minimum atomic E-state index is 0. The Hall–Kier alpha value is -0.330.